The van der Waals surface area contributed by atoms with Crippen LogP contribution in [0.4, 0.5) is 5.69 Å². The van der Waals surface area contributed by atoms with Gasteiger partial charge in [-0.3, -0.25) is 4.79 Å². The molecule has 0 atom stereocenters. The van der Waals surface area contributed by atoms with Crippen LogP contribution in [0.3, 0.4) is 0 Å². The molecule has 150 valence electrons. The quantitative estimate of drug-likeness (QED) is 0.606. The SMILES string of the molecule is CS(=O)(=O)N(CC(=O)Nc1ccccc1-c1ccccc1)Cc1ccccc1Cl. The van der Waals surface area contributed by atoms with Crippen LogP contribution in [-0.4, -0.2) is 31.4 Å². The summed E-state index contributed by atoms with van der Waals surface area (Å²) < 4.78 is 25.6. The standard InChI is InChI=1S/C22H21ClN2O3S/c1-29(27,28)25(15-18-11-5-7-13-20(18)23)16-22(26)24-21-14-8-6-12-19(21)17-9-3-2-4-10-17/h2-14H,15-16H2,1H3,(H,24,26). The average Bonchev–Trinajstić information content (AvgIpc) is 2.69. The average molecular weight is 429 g/mol. The number of hydrogen-bond acceptors (Lipinski definition) is 3. The van der Waals surface area contributed by atoms with Crippen molar-refractivity contribution in [2.24, 2.45) is 0 Å². The van der Waals surface area contributed by atoms with Crippen molar-refractivity contribution >= 4 is 33.2 Å². The maximum Gasteiger partial charge on any atom is 0.239 e. The van der Waals surface area contributed by atoms with E-state index in [4.69, 9.17) is 11.6 Å². The molecule has 0 saturated carbocycles. The van der Waals surface area contributed by atoms with Gasteiger partial charge in [-0.15, -0.1) is 0 Å². The fourth-order valence-corrected chi connectivity index (χ4v) is 3.84. The minimum absolute atomic E-state index is 0.0201. The summed E-state index contributed by atoms with van der Waals surface area (Å²) in [7, 11) is -3.62. The summed E-state index contributed by atoms with van der Waals surface area (Å²) in [5, 5.41) is 3.29. The van der Waals surface area contributed by atoms with Crippen LogP contribution in [0.15, 0.2) is 78.9 Å². The summed E-state index contributed by atoms with van der Waals surface area (Å²) in [6.45, 7) is -0.292. The third-order valence-corrected chi connectivity index (χ3v) is 5.94. The molecule has 0 aliphatic rings. The molecule has 0 unspecified atom stereocenters. The lowest BCUT2D eigenvalue weighted by Crippen LogP contribution is -2.37. The topological polar surface area (TPSA) is 66.5 Å². The van der Waals surface area contributed by atoms with Crippen molar-refractivity contribution in [2.75, 3.05) is 18.1 Å². The maximum absolute atomic E-state index is 12.7. The largest absolute Gasteiger partial charge is 0.324 e. The summed E-state index contributed by atoms with van der Waals surface area (Å²) in [4.78, 5) is 12.7. The van der Waals surface area contributed by atoms with Gasteiger partial charge in [-0.2, -0.15) is 4.31 Å². The van der Waals surface area contributed by atoms with Crippen LogP contribution >= 0.6 is 11.6 Å². The molecule has 3 aromatic rings. The zero-order valence-electron chi connectivity index (χ0n) is 15.9. The molecule has 0 fully saturated rings. The highest BCUT2D eigenvalue weighted by Crippen LogP contribution is 2.27. The normalized spacial score (nSPS) is 11.4. The van der Waals surface area contributed by atoms with Gasteiger partial charge in [0, 0.05) is 22.8 Å². The maximum atomic E-state index is 12.7. The van der Waals surface area contributed by atoms with Gasteiger partial charge < -0.3 is 5.32 Å². The number of nitrogens with one attached hydrogen (secondary N) is 1. The molecule has 0 aromatic heterocycles. The van der Waals surface area contributed by atoms with Gasteiger partial charge in [-0.25, -0.2) is 8.42 Å². The number of carbonyl (C=O) groups excluding carboxylic acids is 1. The second kappa shape index (κ2) is 9.22. The highest BCUT2D eigenvalue weighted by Gasteiger charge is 2.22. The highest BCUT2D eigenvalue weighted by molar-refractivity contribution is 7.88. The number of anilines is 1. The first-order valence-electron chi connectivity index (χ1n) is 8.97. The molecule has 7 heteroatoms. The Morgan fingerprint density at radius 3 is 2.24 bits per heavy atom. The molecule has 0 heterocycles. The van der Waals surface area contributed by atoms with Crippen molar-refractivity contribution in [3.63, 3.8) is 0 Å². The molecular formula is C22H21ClN2O3S. The Bertz CT molecular complexity index is 1100. The van der Waals surface area contributed by atoms with Gasteiger partial charge >= 0.3 is 0 Å². The zero-order chi connectivity index (χ0) is 20.9. The van der Waals surface area contributed by atoms with Gasteiger partial charge in [0.15, 0.2) is 0 Å². The first-order valence-corrected chi connectivity index (χ1v) is 11.2. The minimum atomic E-state index is -3.62. The Hall–Kier alpha value is -2.67. The number of benzene rings is 3. The van der Waals surface area contributed by atoms with Gasteiger partial charge in [-0.1, -0.05) is 78.3 Å². The van der Waals surface area contributed by atoms with Gasteiger partial charge in [0.05, 0.1) is 12.8 Å². The monoisotopic (exact) mass is 428 g/mol. The van der Waals surface area contributed by atoms with E-state index in [9.17, 15) is 13.2 Å². The number of amides is 1. The Kier molecular flexibility index (Phi) is 6.69. The van der Waals surface area contributed by atoms with E-state index in [1.54, 1.807) is 30.3 Å². The Morgan fingerprint density at radius 2 is 1.55 bits per heavy atom. The van der Waals surface area contributed by atoms with Crippen LogP contribution in [0.2, 0.25) is 5.02 Å². The van der Waals surface area contributed by atoms with Crippen LogP contribution in [0, 0.1) is 0 Å². The Labute approximate surface area is 176 Å². The zero-order valence-corrected chi connectivity index (χ0v) is 17.5. The number of para-hydroxylation sites is 1. The molecule has 1 amide bonds. The second-order valence-corrected chi connectivity index (χ2v) is 8.97. The number of sulfonamides is 1. The Morgan fingerprint density at radius 1 is 0.931 bits per heavy atom. The van der Waals surface area contributed by atoms with Crippen molar-refractivity contribution in [2.45, 2.75) is 6.54 Å². The molecule has 0 aliphatic carbocycles. The van der Waals surface area contributed by atoms with E-state index in [-0.39, 0.29) is 13.1 Å². The first kappa shape index (κ1) is 21.0. The van der Waals surface area contributed by atoms with Crippen molar-refractivity contribution in [3.05, 3.63) is 89.4 Å². The molecule has 3 aromatic carbocycles. The van der Waals surface area contributed by atoms with Crippen LogP contribution < -0.4 is 5.32 Å². The number of carbonyl (C=O) groups is 1. The lowest BCUT2D eigenvalue weighted by molar-refractivity contribution is -0.116. The third-order valence-electron chi connectivity index (χ3n) is 4.38. The fourth-order valence-electron chi connectivity index (χ4n) is 2.92. The molecule has 1 N–H and O–H groups in total. The van der Waals surface area contributed by atoms with Gasteiger partial charge in [-0.05, 0) is 23.3 Å². The van der Waals surface area contributed by atoms with E-state index in [1.807, 2.05) is 48.5 Å². The number of halogens is 1. The van der Waals surface area contributed by atoms with Crippen LogP contribution in [0.25, 0.3) is 11.1 Å². The first-order chi connectivity index (χ1) is 13.8. The lowest BCUT2D eigenvalue weighted by atomic mass is 10.0. The summed E-state index contributed by atoms with van der Waals surface area (Å²) in [5.74, 6) is -0.425. The van der Waals surface area contributed by atoms with Gasteiger partial charge in [0.2, 0.25) is 15.9 Å². The third kappa shape index (κ3) is 5.67. The molecule has 0 bridgehead atoms. The highest BCUT2D eigenvalue weighted by atomic mass is 35.5. The number of hydrogen-bond donors (Lipinski definition) is 1. The van der Waals surface area contributed by atoms with E-state index in [1.165, 1.54) is 0 Å². The molecule has 0 spiro atoms. The van der Waals surface area contributed by atoms with Crippen molar-refractivity contribution < 1.29 is 13.2 Å². The van der Waals surface area contributed by atoms with Crippen LogP contribution in [-0.2, 0) is 21.4 Å². The Balaban J connectivity index is 1.79. The van der Waals surface area contributed by atoms with Crippen LogP contribution in [0.5, 0.6) is 0 Å². The number of rotatable bonds is 7. The summed E-state index contributed by atoms with van der Waals surface area (Å²) >= 11 is 6.15. The van der Waals surface area contributed by atoms with Gasteiger partial charge in [0.1, 0.15) is 0 Å². The lowest BCUT2D eigenvalue weighted by Gasteiger charge is -2.20. The molecule has 0 radical (unpaired) electrons. The van der Waals surface area contributed by atoms with E-state index in [0.717, 1.165) is 21.7 Å². The van der Waals surface area contributed by atoms with E-state index < -0.39 is 15.9 Å². The van der Waals surface area contributed by atoms with Crippen LogP contribution in [0.1, 0.15) is 5.56 Å². The molecule has 3 rings (SSSR count). The fraction of sp³-hybridized carbons (Fsp3) is 0.136. The predicted molar refractivity (Wildman–Crippen MR) is 117 cm³/mol. The molecule has 5 nitrogen and oxygen atoms in total. The smallest absolute Gasteiger partial charge is 0.239 e. The molecular weight excluding hydrogens is 408 g/mol. The summed E-state index contributed by atoms with van der Waals surface area (Å²) in [6.07, 6.45) is 1.08. The molecule has 29 heavy (non-hydrogen) atoms. The molecule has 0 aliphatic heterocycles. The summed E-state index contributed by atoms with van der Waals surface area (Å²) in [6, 6.07) is 24.0. The summed E-state index contributed by atoms with van der Waals surface area (Å²) in [5.41, 5.74) is 3.07. The molecule has 0 saturated heterocycles. The van der Waals surface area contributed by atoms with Gasteiger partial charge in [0.25, 0.3) is 0 Å². The second-order valence-electron chi connectivity index (χ2n) is 6.58. The van der Waals surface area contributed by atoms with Crippen molar-refractivity contribution in [3.8, 4) is 11.1 Å². The minimum Gasteiger partial charge on any atom is -0.324 e. The van der Waals surface area contributed by atoms with Crippen molar-refractivity contribution in [1.29, 1.82) is 0 Å². The van der Waals surface area contributed by atoms with E-state index >= 15 is 0 Å². The van der Waals surface area contributed by atoms with Crippen molar-refractivity contribution in [1.82, 2.24) is 4.31 Å². The van der Waals surface area contributed by atoms with E-state index in [0.29, 0.717) is 16.3 Å². The number of nitrogens with zero attached hydrogens (tertiary/aromatic N) is 1. The predicted octanol–water partition coefficient (Wildman–Crippen LogP) is 4.41. The van der Waals surface area contributed by atoms with E-state index in [2.05, 4.69) is 5.32 Å².